The molecule has 0 amide bonds. The molecular formula is C10H11NO. The summed E-state index contributed by atoms with van der Waals surface area (Å²) < 4.78 is 0. The molecular weight excluding hydrogens is 150 g/mol. The quantitative estimate of drug-likeness (QED) is 0.429. The summed E-state index contributed by atoms with van der Waals surface area (Å²) in [6, 6.07) is 0. The molecule has 0 saturated carbocycles. The number of rotatable bonds is 1. The van der Waals surface area contributed by atoms with E-state index in [0.29, 0.717) is 0 Å². The zero-order chi connectivity index (χ0) is 8.39. The molecule has 2 heteroatoms. The third-order valence-corrected chi connectivity index (χ3v) is 2.56. The van der Waals surface area contributed by atoms with E-state index in [1.807, 2.05) is 0 Å². The van der Waals surface area contributed by atoms with Crippen molar-refractivity contribution >= 4 is 6.08 Å². The van der Waals surface area contributed by atoms with Crippen LogP contribution in [-0.4, -0.2) is 6.08 Å². The minimum atomic E-state index is 0.960. The Morgan fingerprint density at radius 2 is 2.25 bits per heavy atom. The summed E-state index contributed by atoms with van der Waals surface area (Å²) in [6.07, 6.45) is 9.39. The molecule has 0 fully saturated rings. The number of carbonyl (C=O) groups excluding carboxylic acids is 1. The molecule has 62 valence electrons. The lowest BCUT2D eigenvalue weighted by Crippen LogP contribution is -1.98. The largest absolute Gasteiger partial charge is 0.240 e. The number of allylic oxidation sites excluding steroid dienone is 4. The van der Waals surface area contributed by atoms with E-state index in [9.17, 15) is 4.79 Å². The van der Waals surface area contributed by atoms with Crippen LogP contribution in [0.4, 0.5) is 0 Å². The first-order valence-corrected chi connectivity index (χ1v) is 4.41. The highest BCUT2D eigenvalue weighted by Crippen LogP contribution is 2.37. The molecule has 0 aromatic heterocycles. The van der Waals surface area contributed by atoms with Crippen molar-refractivity contribution in [1.82, 2.24) is 0 Å². The average molecular weight is 161 g/mol. The van der Waals surface area contributed by atoms with Crippen molar-refractivity contribution in [3.05, 3.63) is 22.9 Å². The third kappa shape index (κ3) is 1.15. The molecule has 0 N–H and O–H groups in total. The monoisotopic (exact) mass is 161 g/mol. The summed E-state index contributed by atoms with van der Waals surface area (Å²) in [4.78, 5) is 13.9. The fourth-order valence-electron chi connectivity index (χ4n) is 2.03. The van der Waals surface area contributed by atoms with Crippen LogP contribution in [0.2, 0.25) is 0 Å². The summed E-state index contributed by atoms with van der Waals surface area (Å²) in [5.74, 6) is 0. The van der Waals surface area contributed by atoms with Crippen molar-refractivity contribution in [2.45, 2.75) is 32.1 Å². The molecule has 0 atom stereocenters. The Hall–Kier alpha value is -1.14. The second kappa shape index (κ2) is 3.08. The Morgan fingerprint density at radius 1 is 1.33 bits per heavy atom. The lowest BCUT2D eigenvalue weighted by Gasteiger charge is -2.14. The van der Waals surface area contributed by atoms with Crippen molar-refractivity contribution in [3.8, 4) is 0 Å². The lowest BCUT2D eigenvalue weighted by atomic mass is 9.93. The van der Waals surface area contributed by atoms with Crippen molar-refractivity contribution < 1.29 is 4.79 Å². The highest BCUT2D eigenvalue weighted by molar-refractivity contribution is 5.46. The zero-order valence-corrected chi connectivity index (χ0v) is 6.97. The van der Waals surface area contributed by atoms with E-state index in [2.05, 4.69) is 11.1 Å². The molecule has 0 unspecified atom stereocenters. The van der Waals surface area contributed by atoms with Crippen LogP contribution in [0.1, 0.15) is 32.1 Å². The lowest BCUT2D eigenvalue weighted by molar-refractivity contribution is 0.563. The standard InChI is InChI=1S/C10H11NO/c12-7-11-10-6-2-4-8-3-1-5-9(8)10/h3H,1-2,4-6H2. The molecule has 0 heterocycles. The van der Waals surface area contributed by atoms with Gasteiger partial charge in [-0.3, -0.25) is 0 Å². The van der Waals surface area contributed by atoms with Gasteiger partial charge in [0.2, 0.25) is 6.08 Å². The molecule has 2 aliphatic rings. The molecule has 0 aromatic rings. The van der Waals surface area contributed by atoms with E-state index >= 15 is 0 Å². The predicted molar refractivity (Wildman–Crippen MR) is 46.3 cm³/mol. The van der Waals surface area contributed by atoms with Crippen LogP contribution in [0.5, 0.6) is 0 Å². The van der Waals surface area contributed by atoms with Crippen LogP contribution in [0.25, 0.3) is 0 Å². The van der Waals surface area contributed by atoms with Gasteiger partial charge in [-0.15, -0.1) is 0 Å². The van der Waals surface area contributed by atoms with Crippen LogP contribution >= 0.6 is 0 Å². The average Bonchev–Trinajstić information content (AvgIpc) is 2.53. The van der Waals surface area contributed by atoms with Gasteiger partial charge in [0.1, 0.15) is 0 Å². The Morgan fingerprint density at radius 3 is 3.08 bits per heavy atom. The Kier molecular flexibility index (Phi) is 1.92. The van der Waals surface area contributed by atoms with Crippen LogP contribution in [0.3, 0.4) is 0 Å². The van der Waals surface area contributed by atoms with E-state index < -0.39 is 0 Å². The first-order valence-electron chi connectivity index (χ1n) is 4.41. The second-order valence-electron chi connectivity index (χ2n) is 3.25. The Bertz CT molecular complexity index is 306. The number of nitrogens with zero attached hydrogens (tertiary/aromatic N) is 1. The minimum Gasteiger partial charge on any atom is -0.211 e. The summed E-state index contributed by atoms with van der Waals surface area (Å²) in [7, 11) is 0. The highest BCUT2D eigenvalue weighted by atomic mass is 16.1. The number of hydrogen-bond acceptors (Lipinski definition) is 2. The third-order valence-electron chi connectivity index (χ3n) is 2.56. The van der Waals surface area contributed by atoms with Gasteiger partial charge in [0, 0.05) is 0 Å². The van der Waals surface area contributed by atoms with Crippen molar-refractivity contribution in [2.75, 3.05) is 0 Å². The van der Waals surface area contributed by atoms with Gasteiger partial charge in [-0.25, -0.2) is 4.79 Å². The van der Waals surface area contributed by atoms with E-state index in [0.717, 1.165) is 31.4 Å². The topological polar surface area (TPSA) is 29.4 Å². The Labute approximate surface area is 71.7 Å². The molecule has 0 radical (unpaired) electrons. The zero-order valence-electron chi connectivity index (χ0n) is 6.97. The van der Waals surface area contributed by atoms with Gasteiger partial charge >= 0.3 is 0 Å². The number of fused-ring (bicyclic) bond motifs is 1. The van der Waals surface area contributed by atoms with Gasteiger partial charge in [0.25, 0.3) is 0 Å². The van der Waals surface area contributed by atoms with Crippen LogP contribution < -0.4 is 0 Å². The summed E-state index contributed by atoms with van der Waals surface area (Å²) in [5.41, 5.74) is 3.74. The van der Waals surface area contributed by atoms with Gasteiger partial charge in [-0.2, -0.15) is 4.99 Å². The number of hydrogen-bond donors (Lipinski definition) is 0. The maximum Gasteiger partial charge on any atom is 0.240 e. The molecule has 0 aliphatic heterocycles. The number of isocyanates is 1. The van der Waals surface area contributed by atoms with Gasteiger partial charge < -0.3 is 0 Å². The molecule has 2 aliphatic carbocycles. The minimum absolute atomic E-state index is 0.960. The smallest absolute Gasteiger partial charge is 0.211 e. The molecule has 2 rings (SSSR count). The fourth-order valence-corrected chi connectivity index (χ4v) is 2.03. The first-order chi connectivity index (χ1) is 5.92. The van der Waals surface area contributed by atoms with Gasteiger partial charge in [-0.1, -0.05) is 6.08 Å². The first kappa shape index (κ1) is 7.51. The normalized spacial score (nSPS) is 21.5. The summed E-state index contributed by atoms with van der Waals surface area (Å²) in [6.45, 7) is 0. The van der Waals surface area contributed by atoms with E-state index in [1.54, 1.807) is 6.08 Å². The molecule has 2 nitrogen and oxygen atoms in total. The maximum absolute atomic E-state index is 10.1. The molecule has 0 spiro atoms. The van der Waals surface area contributed by atoms with Crippen LogP contribution in [0.15, 0.2) is 27.9 Å². The second-order valence-corrected chi connectivity index (χ2v) is 3.25. The van der Waals surface area contributed by atoms with Crippen molar-refractivity contribution in [2.24, 2.45) is 4.99 Å². The van der Waals surface area contributed by atoms with E-state index in [-0.39, 0.29) is 0 Å². The summed E-state index contributed by atoms with van der Waals surface area (Å²) in [5, 5.41) is 0. The molecule has 12 heavy (non-hydrogen) atoms. The number of aliphatic imine (C=N–C) groups is 1. The van der Waals surface area contributed by atoms with Gasteiger partial charge in [0.15, 0.2) is 0 Å². The van der Waals surface area contributed by atoms with E-state index in [1.165, 1.54) is 17.6 Å². The predicted octanol–water partition coefficient (Wildman–Crippen LogP) is 2.48. The summed E-state index contributed by atoms with van der Waals surface area (Å²) >= 11 is 0. The van der Waals surface area contributed by atoms with Gasteiger partial charge in [0.05, 0.1) is 5.70 Å². The molecule has 0 bridgehead atoms. The fraction of sp³-hybridized carbons (Fsp3) is 0.500. The molecule has 0 saturated heterocycles. The molecule has 0 aromatic carbocycles. The highest BCUT2D eigenvalue weighted by Gasteiger charge is 2.19. The van der Waals surface area contributed by atoms with Crippen LogP contribution in [0, 0.1) is 0 Å². The SMILES string of the molecule is O=C=NC1=C2CCC=C2CCC1. The van der Waals surface area contributed by atoms with Crippen molar-refractivity contribution in [3.63, 3.8) is 0 Å². The van der Waals surface area contributed by atoms with Crippen molar-refractivity contribution in [1.29, 1.82) is 0 Å². The van der Waals surface area contributed by atoms with Crippen LogP contribution in [-0.2, 0) is 4.79 Å². The Balaban J connectivity index is 2.40. The van der Waals surface area contributed by atoms with Gasteiger partial charge in [-0.05, 0) is 43.3 Å². The van der Waals surface area contributed by atoms with E-state index in [4.69, 9.17) is 0 Å². The maximum atomic E-state index is 10.1.